The molecule has 7 heteroatoms. The summed E-state index contributed by atoms with van der Waals surface area (Å²) in [6, 6.07) is 0.614. The van der Waals surface area contributed by atoms with Gasteiger partial charge in [-0.3, -0.25) is 0 Å². The number of likely N-dealkylation sites (N-methyl/N-ethyl adjacent to an activating group) is 1. The molecule has 126 valence electrons. The second-order valence-electron chi connectivity index (χ2n) is 6.49. The fourth-order valence-corrected chi connectivity index (χ4v) is 3.92. The molecule has 1 heterocycles. The van der Waals surface area contributed by atoms with Crippen LogP contribution in [-0.2, 0) is 10.2 Å². The van der Waals surface area contributed by atoms with Crippen LogP contribution >= 0.6 is 0 Å². The summed E-state index contributed by atoms with van der Waals surface area (Å²) >= 11 is 0. The fourth-order valence-electron chi connectivity index (χ4n) is 2.36. The van der Waals surface area contributed by atoms with Gasteiger partial charge in [-0.1, -0.05) is 20.3 Å². The van der Waals surface area contributed by atoms with Crippen molar-refractivity contribution in [3.63, 3.8) is 0 Å². The first-order chi connectivity index (χ1) is 9.74. The molecule has 0 aromatic heterocycles. The molecule has 0 spiro atoms. The summed E-state index contributed by atoms with van der Waals surface area (Å²) in [6.45, 7) is 7.96. The number of rotatable bonds is 8. The molecular formula is C14H32N4O2S. The summed E-state index contributed by atoms with van der Waals surface area (Å²) in [5, 5.41) is 3.36. The number of nitrogens with one attached hydrogen (secondary N) is 2. The average molecular weight is 321 g/mol. The first kappa shape index (κ1) is 18.8. The van der Waals surface area contributed by atoms with Crippen LogP contribution in [0.4, 0.5) is 0 Å². The quantitative estimate of drug-likeness (QED) is 0.688. The van der Waals surface area contributed by atoms with Crippen LogP contribution in [-0.4, -0.2) is 69.5 Å². The summed E-state index contributed by atoms with van der Waals surface area (Å²) in [4.78, 5) is 2.01. The van der Waals surface area contributed by atoms with E-state index in [9.17, 15) is 8.42 Å². The molecule has 2 unspecified atom stereocenters. The maximum Gasteiger partial charge on any atom is 0.279 e. The number of hydrogen-bond acceptors (Lipinski definition) is 4. The minimum atomic E-state index is -3.39. The molecule has 0 amide bonds. The van der Waals surface area contributed by atoms with Crippen molar-refractivity contribution in [2.24, 2.45) is 0 Å². The Morgan fingerprint density at radius 1 is 1.24 bits per heavy atom. The van der Waals surface area contributed by atoms with E-state index in [4.69, 9.17) is 0 Å². The molecule has 1 aliphatic rings. The van der Waals surface area contributed by atoms with E-state index in [0.717, 1.165) is 25.8 Å². The van der Waals surface area contributed by atoms with Crippen molar-refractivity contribution in [3.8, 4) is 0 Å². The Bertz CT molecular complexity index is 398. The van der Waals surface area contributed by atoms with Crippen molar-refractivity contribution in [1.29, 1.82) is 0 Å². The smallest absolute Gasteiger partial charge is 0.279 e. The van der Waals surface area contributed by atoms with Crippen molar-refractivity contribution in [3.05, 3.63) is 0 Å². The molecule has 2 N–H and O–H groups in total. The van der Waals surface area contributed by atoms with E-state index in [1.807, 2.05) is 25.9 Å². The molecule has 0 saturated carbocycles. The third kappa shape index (κ3) is 6.20. The maximum atomic E-state index is 12.5. The maximum absolute atomic E-state index is 12.5. The molecule has 21 heavy (non-hydrogen) atoms. The SMILES string of the molecule is CC(C)NCC1CCCCN1S(=O)(=O)NCC(C)N(C)C. The standard InChI is InChI=1S/C14H32N4O2S/c1-12(2)15-11-14-8-6-7-9-18(14)21(19,20)16-10-13(3)17(4)5/h12-16H,6-11H2,1-5H3. The van der Waals surface area contributed by atoms with Gasteiger partial charge in [0.1, 0.15) is 0 Å². The first-order valence-electron chi connectivity index (χ1n) is 7.90. The summed E-state index contributed by atoms with van der Waals surface area (Å²) < 4.78 is 29.5. The number of hydrogen-bond donors (Lipinski definition) is 2. The Morgan fingerprint density at radius 2 is 1.90 bits per heavy atom. The molecule has 0 aromatic rings. The van der Waals surface area contributed by atoms with Crippen molar-refractivity contribution in [2.75, 3.05) is 33.7 Å². The first-order valence-corrected chi connectivity index (χ1v) is 9.34. The van der Waals surface area contributed by atoms with Gasteiger partial charge >= 0.3 is 0 Å². The van der Waals surface area contributed by atoms with Crippen LogP contribution in [0, 0.1) is 0 Å². The van der Waals surface area contributed by atoms with Crippen molar-refractivity contribution < 1.29 is 8.42 Å². The second-order valence-corrected chi connectivity index (χ2v) is 8.20. The lowest BCUT2D eigenvalue weighted by molar-refractivity contribution is 0.237. The summed E-state index contributed by atoms with van der Waals surface area (Å²) in [5.74, 6) is 0. The van der Waals surface area contributed by atoms with Gasteiger partial charge in [-0.05, 0) is 33.9 Å². The lowest BCUT2D eigenvalue weighted by atomic mass is 10.0. The molecule has 6 nitrogen and oxygen atoms in total. The molecular weight excluding hydrogens is 288 g/mol. The van der Waals surface area contributed by atoms with Gasteiger partial charge in [0, 0.05) is 37.8 Å². The topological polar surface area (TPSA) is 64.7 Å². The van der Waals surface area contributed by atoms with Gasteiger partial charge in [-0.2, -0.15) is 12.7 Å². The zero-order valence-corrected chi connectivity index (χ0v) is 14.9. The monoisotopic (exact) mass is 320 g/mol. The average Bonchev–Trinajstić information content (AvgIpc) is 2.42. The van der Waals surface area contributed by atoms with Crippen LogP contribution < -0.4 is 10.0 Å². The Morgan fingerprint density at radius 3 is 2.48 bits per heavy atom. The van der Waals surface area contributed by atoms with E-state index in [-0.39, 0.29) is 12.1 Å². The third-order valence-electron chi connectivity index (χ3n) is 4.09. The van der Waals surface area contributed by atoms with E-state index in [1.165, 1.54) is 0 Å². The molecule has 1 rings (SSSR count). The van der Waals surface area contributed by atoms with E-state index < -0.39 is 10.2 Å². The van der Waals surface area contributed by atoms with Crippen LogP contribution in [0.2, 0.25) is 0 Å². The highest BCUT2D eigenvalue weighted by molar-refractivity contribution is 7.87. The van der Waals surface area contributed by atoms with Crippen LogP contribution in [0.1, 0.15) is 40.0 Å². The van der Waals surface area contributed by atoms with Gasteiger partial charge in [0.15, 0.2) is 0 Å². The van der Waals surface area contributed by atoms with Crippen LogP contribution in [0.3, 0.4) is 0 Å². The summed E-state index contributed by atoms with van der Waals surface area (Å²) in [6.07, 6.45) is 2.98. The van der Waals surface area contributed by atoms with E-state index in [0.29, 0.717) is 19.1 Å². The summed E-state index contributed by atoms with van der Waals surface area (Å²) in [7, 11) is 0.515. The van der Waals surface area contributed by atoms with Crippen LogP contribution in [0.5, 0.6) is 0 Å². The normalized spacial score (nSPS) is 22.9. The fraction of sp³-hybridized carbons (Fsp3) is 1.00. The van der Waals surface area contributed by atoms with E-state index in [2.05, 4.69) is 23.9 Å². The Kier molecular flexibility index (Phi) is 7.56. The van der Waals surface area contributed by atoms with Crippen molar-refractivity contribution >= 4 is 10.2 Å². The molecule has 1 fully saturated rings. The lowest BCUT2D eigenvalue weighted by Crippen LogP contribution is -2.54. The molecule has 0 aromatic carbocycles. The van der Waals surface area contributed by atoms with Gasteiger partial charge in [-0.25, -0.2) is 4.72 Å². The lowest BCUT2D eigenvalue weighted by Gasteiger charge is -2.35. The molecule has 0 aliphatic carbocycles. The number of piperidine rings is 1. The van der Waals surface area contributed by atoms with Gasteiger partial charge < -0.3 is 10.2 Å². The van der Waals surface area contributed by atoms with Crippen molar-refractivity contribution in [2.45, 2.75) is 58.2 Å². The van der Waals surface area contributed by atoms with Crippen LogP contribution in [0.15, 0.2) is 0 Å². The predicted molar refractivity (Wildman–Crippen MR) is 87.6 cm³/mol. The molecule has 2 atom stereocenters. The highest BCUT2D eigenvalue weighted by Gasteiger charge is 2.32. The largest absolute Gasteiger partial charge is 0.313 e. The number of nitrogens with zero attached hydrogens (tertiary/aromatic N) is 2. The Balaban J connectivity index is 2.64. The minimum absolute atomic E-state index is 0.0633. The minimum Gasteiger partial charge on any atom is -0.313 e. The van der Waals surface area contributed by atoms with Crippen molar-refractivity contribution in [1.82, 2.24) is 19.2 Å². The van der Waals surface area contributed by atoms with Gasteiger partial charge in [-0.15, -0.1) is 0 Å². The second kappa shape index (κ2) is 8.43. The van der Waals surface area contributed by atoms with E-state index >= 15 is 0 Å². The van der Waals surface area contributed by atoms with E-state index in [1.54, 1.807) is 4.31 Å². The van der Waals surface area contributed by atoms with Gasteiger partial charge in [0.25, 0.3) is 10.2 Å². The molecule has 0 bridgehead atoms. The molecule has 0 radical (unpaired) electrons. The van der Waals surface area contributed by atoms with Gasteiger partial charge in [0.05, 0.1) is 0 Å². The highest BCUT2D eigenvalue weighted by Crippen LogP contribution is 2.19. The molecule has 1 aliphatic heterocycles. The zero-order valence-electron chi connectivity index (χ0n) is 14.1. The summed E-state index contributed by atoms with van der Waals surface area (Å²) in [5.41, 5.74) is 0. The van der Waals surface area contributed by atoms with Gasteiger partial charge in [0.2, 0.25) is 0 Å². The Labute approximate surface area is 130 Å². The molecule has 1 saturated heterocycles. The zero-order chi connectivity index (χ0) is 16.0. The third-order valence-corrected chi connectivity index (χ3v) is 5.72. The Hall–Kier alpha value is -0.210. The highest BCUT2D eigenvalue weighted by atomic mass is 32.2. The predicted octanol–water partition coefficient (Wildman–Crippen LogP) is 0.623. The van der Waals surface area contributed by atoms with Crippen LogP contribution in [0.25, 0.3) is 0 Å².